The minimum absolute atomic E-state index is 0.0150. The molecule has 1 amide bonds. The van der Waals surface area contributed by atoms with Crippen molar-refractivity contribution in [3.63, 3.8) is 0 Å². The molecule has 0 bridgehead atoms. The Morgan fingerprint density at radius 3 is 2.21 bits per heavy atom. The number of carbonyl (C=O) groups is 1. The molecule has 2 aromatic carbocycles. The number of phenolic OH excluding ortho intramolecular Hbond substituents is 1. The summed E-state index contributed by atoms with van der Waals surface area (Å²) >= 11 is 0. The molecule has 6 nitrogen and oxygen atoms in total. The van der Waals surface area contributed by atoms with Crippen LogP contribution in [0.2, 0.25) is 0 Å². The SMILES string of the molecule is Cc1cc(C)c(S(=O)(=O)N2CCC(C(=O)Nc3ccccc3O)CC2)c(C)c1. The number of piperidine rings is 1. The van der Waals surface area contributed by atoms with Crippen molar-refractivity contribution in [3.8, 4) is 5.75 Å². The van der Waals surface area contributed by atoms with E-state index in [1.807, 2.05) is 32.9 Å². The fraction of sp³-hybridized carbons (Fsp3) is 0.381. The van der Waals surface area contributed by atoms with Crippen molar-refractivity contribution in [2.45, 2.75) is 38.5 Å². The number of hydrogen-bond donors (Lipinski definition) is 2. The van der Waals surface area contributed by atoms with Crippen LogP contribution in [0.25, 0.3) is 0 Å². The van der Waals surface area contributed by atoms with Crippen molar-refractivity contribution in [1.82, 2.24) is 4.31 Å². The molecule has 0 atom stereocenters. The first-order valence-electron chi connectivity index (χ1n) is 9.37. The van der Waals surface area contributed by atoms with Gasteiger partial charge in [0.1, 0.15) is 5.75 Å². The maximum Gasteiger partial charge on any atom is 0.243 e. The Hall–Kier alpha value is -2.38. The lowest BCUT2D eigenvalue weighted by Gasteiger charge is -2.31. The van der Waals surface area contributed by atoms with Gasteiger partial charge in [-0.05, 0) is 56.9 Å². The number of anilines is 1. The van der Waals surface area contributed by atoms with E-state index in [9.17, 15) is 18.3 Å². The molecule has 3 rings (SSSR count). The highest BCUT2D eigenvalue weighted by atomic mass is 32.2. The highest BCUT2D eigenvalue weighted by Gasteiger charge is 2.33. The second-order valence-electron chi connectivity index (χ2n) is 7.41. The van der Waals surface area contributed by atoms with E-state index in [0.29, 0.717) is 36.5 Å². The number of rotatable bonds is 4. The smallest absolute Gasteiger partial charge is 0.243 e. The summed E-state index contributed by atoms with van der Waals surface area (Å²) < 4.78 is 27.8. The van der Waals surface area contributed by atoms with Gasteiger partial charge in [0, 0.05) is 19.0 Å². The number of hydrogen-bond acceptors (Lipinski definition) is 4. The van der Waals surface area contributed by atoms with Gasteiger partial charge in [0.15, 0.2) is 0 Å². The Morgan fingerprint density at radius 1 is 1.07 bits per heavy atom. The minimum atomic E-state index is -3.59. The molecule has 0 aliphatic carbocycles. The van der Waals surface area contributed by atoms with Gasteiger partial charge in [-0.15, -0.1) is 0 Å². The van der Waals surface area contributed by atoms with Crippen LogP contribution < -0.4 is 5.32 Å². The van der Waals surface area contributed by atoms with Gasteiger partial charge in [-0.3, -0.25) is 4.79 Å². The van der Waals surface area contributed by atoms with Crippen LogP contribution in [0.1, 0.15) is 29.5 Å². The lowest BCUT2D eigenvalue weighted by molar-refractivity contribution is -0.120. The number of nitrogens with zero attached hydrogens (tertiary/aromatic N) is 1. The second kappa shape index (κ2) is 7.93. The largest absolute Gasteiger partial charge is 0.506 e. The Morgan fingerprint density at radius 2 is 1.64 bits per heavy atom. The van der Waals surface area contributed by atoms with Crippen LogP contribution in [-0.2, 0) is 14.8 Å². The van der Waals surface area contributed by atoms with Gasteiger partial charge < -0.3 is 10.4 Å². The molecule has 1 fully saturated rings. The van der Waals surface area contributed by atoms with E-state index < -0.39 is 10.0 Å². The zero-order valence-corrected chi connectivity index (χ0v) is 17.2. The molecule has 0 spiro atoms. The third kappa shape index (κ3) is 4.05. The quantitative estimate of drug-likeness (QED) is 0.768. The first-order valence-corrected chi connectivity index (χ1v) is 10.8. The molecular formula is C21H26N2O4S. The average molecular weight is 403 g/mol. The third-order valence-corrected chi connectivity index (χ3v) is 7.39. The lowest BCUT2D eigenvalue weighted by atomic mass is 9.97. The molecule has 2 aromatic rings. The number of aryl methyl sites for hydroxylation is 3. The van der Waals surface area contributed by atoms with Crippen molar-refractivity contribution >= 4 is 21.6 Å². The predicted octanol–water partition coefficient (Wildman–Crippen LogP) is 3.36. The maximum absolute atomic E-state index is 13.1. The zero-order valence-electron chi connectivity index (χ0n) is 16.4. The average Bonchev–Trinajstić information content (AvgIpc) is 2.62. The van der Waals surface area contributed by atoms with E-state index in [0.717, 1.165) is 16.7 Å². The molecule has 2 N–H and O–H groups in total. The highest BCUT2D eigenvalue weighted by molar-refractivity contribution is 7.89. The molecule has 1 saturated heterocycles. The summed E-state index contributed by atoms with van der Waals surface area (Å²) in [6.45, 7) is 6.19. The molecule has 28 heavy (non-hydrogen) atoms. The number of phenols is 1. The Labute approximate surface area is 166 Å². The Bertz CT molecular complexity index is 970. The number of nitrogens with one attached hydrogen (secondary N) is 1. The highest BCUT2D eigenvalue weighted by Crippen LogP contribution is 2.30. The molecular weight excluding hydrogens is 376 g/mol. The molecule has 0 aromatic heterocycles. The zero-order chi connectivity index (χ0) is 20.5. The van der Waals surface area contributed by atoms with E-state index in [-0.39, 0.29) is 17.6 Å². The van der Waals surface area contributed by atoms with Crippen molar-refractivity contribution < 1.29 is 18.3 Å². The molecule has 1 heterocycles. The number of benzene rings is 2. The van der Waals surface area contributed by atoms with Crippen molar-refractivity contribution in [2.24, 2.45) is 5.92 Å². The topological polar surface area (TPSA) is 86.7 Å². The summed E-state index contributed by atoms with van der Waals surface area (Å²) in [7, 11) is -3.59. The number of sulfonamides is 1. The van der Waals surface area contributed by atoms with Crippen molar-refractivity contribution in [3.05, 3.63) is 53.1 Å². The first kappa shape index (κ1) is 20.4. The van der Waals surface area contributed by atoms with Crippen LogP contribution in [-0.4, -0.2) is 36.8 Å². The van der Waals surface area contributed by atoms with Crippen LogP contribution in [0.15, 0.2) is 41.3 Å². The molecule has 0 radical (unpaired) electrons. The summed E-state index contributed by atoms with van der Waals surface area (Å²) in [6, 6.07) is 10.3. The predicted molar refractivity (Wildman–Crippen MR) is 109 cm³/mol. The summed E-state index contributed by atoms with van der Waals surface area (Å²) in [5, 5.41) is 12.5. The van der Waals surface area contributed by atoms with Crippen molar-refractivity contribution in [2.75, 3.05) is 18.4 Å². The first-order chi connectivity index (χ1) is 13.2. The number of amides is 1. The van der Waals surface area contributed by atoms with Crippen LogP contribution in [0.4, 0.5) is 5.69 Å². The van der Waals surface area contributed by atoms with E-state index in [2.05, 4.69) is 5.32 Å². The van der Waals surface area contributed by atoms with E-state index >= 15 is 0 Å². The lowest BCUT2D eigenvalue weighted by Crippen LogP contribution is -2.41. The van der Waals surface area contributed by atoms with Crippen LogP contribution in [0, 0.1) is 26.7 Å². The van der Waals surface area contributed by atoms with Gasteiger partial charge in [-0.25, -0.2) is 8.42 Å². The molecule has 1 aliphatic heterocycles. The summed E-state index contributed by atoms with van der Waals surface area (Å²) in [5.74, 6) is -0.464. The van der Waals surface area contributed by atoms with Crippen LogP contribution >= 0.6 is 0 Å². The van der Waals surface area contributed by atoms with Gasteiger partial charge in [-0.1, -0.05) is 29.8 Å². The fourth-order valence-electron chi connectivity index (χ4n) is 3.88. The molecule has 150 valence electrons. The van der Waals surface area contributed by atoms with Crippen LogP contribution in [0.5, 0.6) is 5.75 Å². The summed E-state index contributed by atoms with van der Waals surface area (Å²) in [4.78, 5) is 12.9. The summed E-state index contributed by atoms with van der Waals surface area (Å²) in [6.07, 6.45) is 0.894. The van der Waals surface area contributed by atoms with E-state index in [1.165, 1.54) is 10.4 Å². The number of carbonyl (C=O) groups excluding carboxylic acids is 1. The van der Waals surface area contributed by atoms with Gasteiger partial charge in [0.2, 0.25) is 15.9 Å². The van der Waals surface area contributed by atoms with E-state index in [4.69, 9.17) is 0 Å². The fourth-order valence-corrected chi connectivity index (χ4v) is 5.76. The minimum Gasteiger partial charge on any atom is -0.506 e. The normalized spacial score (nSPS) is 16.1. The van der Waals surface area contributed by atoms with Crippen molar-refractivity contribution in [1.29, 1.82) is 0 Å². The van der Waals surface area contributed by atoms with Gasteiger partial charge in [0.05, 0.1) is 10.6 Å². The Balaban J connectivity index is 1.70. The molecule has 0 saturated carbocycles. The number of aromatic hydroxyl groups is 1. The standard InChI is InChI=1S/C21H26N2O4S/c1-14-12-15(2)20(16(3)13-14)28(26,27)23-10-8-17(9-11-23)21(25)22-18-6-4-5-7-19(18)24/h4-7,12-13,17,24H,8-11H2,1-3H3,(H,22,25). The Kier molecular flexibility index (Phi) is 5.76. The van der Waals surface area contributed by atoms with Gasteiger partial charge >= 0.3 is 0 Å². The monoisotopic (exact) mass is 402 g/mol. The maximum atomic E-state index is 13.1. The number of para-hydroxylation sites is 2. The second-order valence-corrected chi connectivity index (χ2v) is 9.29. The van der Waals surface area contributed by atoms with Gasteiger partial charge in [0.25, 0.3) is 0 Å². The molecule has 7 heteroatoms. The molecule has 0 unspecified atom stereocenters. The summed E-state index contributed by atoms with van der Waals surface area (Å²) in [5.41, 5.74) is 2.90. The van der Waals surface area contributed by atoms with E-state index in [1.54, 1.807) is 18.2 Å². The molecule has 1 aliphatic rings. The third-order valence-electron chi connectivity index (χ3n) is 5.19. The van der Waals surface area contributed by atoms with Crippen LogP contribution in [0.3, 0.4) is 0 Å². The van der Waals surface area contributed by atoms with Gasteiger partial charge in [-0.2, -0.15) is 4.31 Å².